The molecule has 3 rings (SSSR count). The van der Waals surface area contributed by atoms with Crippen molar-refractivity contribution >= 4 is 11.7 Å². The molecule has 1 amide bonds. The van der Waals surface area contributed by atoms with Gasteiger partial charge in [-0.15, -0.1) is 10.2 Å². The van der Waals surface area contributed by atoms with Gasteiger partial charge < -0.3 is 15.2 Å². The Hall–Kier alpha value is -1.94. The fraction of sp³-hybridized carbons (Fsp3) is 0.706. The molecule has 0 spiro atoms. The number of hydrogen-bond acceptors (Lipinski definition) is 6. The number of nitrogens with one attached hydrogen (secondary N) is 1. The minimum Gasteiger partial charge on any atom is -0.476 e. The number of halogens is 3. The molecule has 1 aromatic rings. The van der Waals surface area contributed by atoms with Crippen LogP contribution in [0, 0.1) is 5.92 Å². The van der Waals surface area contributed by atoms with Crippen LogP contribution in [-0.2, 0) is 4.79 Å². The number of carbonyl (C=O) groups is 1. The zero-order chi connectivity index (χ0) is 19.7. The molecule has 150 valence electrons. The molecule has 0 bridgehead atoms. The molecule has 10 heteroatoms. The summed E-state index contributed by atoms with van der Waals surface area (Å²) in [6.07, 6.45) is -2.64. The first-order valence-electron chi connectivity index (χ1n) is 8.98. The maximum absolute atomic E-state index is 13.1. The summed E-state index contributed by atoms with van der Waals surface area (Å²) in [6.45, 7) is 1.75. The quantitative estimate of drug-likeness (QED) is 0.775. The Morgan fingerprint density at radius 2 is 2.19 bits per heavy atom. The van der Waals surface area contributed by atoms with E-state index in [1.807, 2.05) is 0 Å². The molecule has 2 heterocycles. The van der Waals surface area contributed by atoms with Crippen LogP contribution in [0.1, 0.15) is 32.6 Å². The number of rotatable bonds is 6. The van der Waals surface area contributed by atoms with Crippen LogP contribution < -0.4 is 10.1 Å². The Bertz CT molecular complexity index is 666. The number of likely N-dealkylation sites (tertiary alicyclic amines) is 1. The number of hydrogen-bond donors (Lipinski definition) is 2. The standard InChI is InChI=1S/C17H23F3N4O3/c1-11(24-8-2-7-16(26,10-24)17(18,19)20)15(25)21-13-5-6-14(23-22-13)27-9-12-3-4-12/h5-6,11-12,26H,2-4,7-10H2,1H3,(H,21,22,25)/t11-,16+/m0/s1. The SMILES string of the molecule is C[C@@H](C(=O)Nc1ccc(OCC2CC2)nn1)N1CCC[C@](O)(C(F)(F)F)C1. The monoisotopic (exact) mass is 388 g/mol. The van der Waals surface area contributed by atoms with E-state index in [0.29, 0.717) is 24.9 Å². The second-order valence-electron chi connectivity index (χ2n) is 7.28. The van der Waals surface area contributed by atoms with E-state index in [2.05, 4.69) is 15.5 Å². The van der Waals surface area contributed by atoms with Crippen molar-refractivity contribution in [3.63, 3.8) is 0 Å². The van der Waals surface area contributed by atoms with E-state index < -0.39 is 30.3 Å². The number of aliphatic hydroxyl groups is 1. The molecule has 1 aromatic heterocycles. The van der Waals surface area contributed by atoms with Crippen molar-refractivity contribution < 1.29 is 27.8 Å². The number of carbonyl (C=O) groups excluding carboxylic acids is 1. The first-order chi connectivity index (χ1) is 12.7. The third-order valence-corrected chi connectivity index (χ3v) is 5.01. The number of ether oxygens (including phenoxy) is 1. The second-order valence-corrected chi connectivity index (χ2v) is 7.28. The van der Waals surface area contributed by atoms with E-state index in [1.54, 1.807) is 6.07 Å². The van der Waals surface area contributed by atoms with Crippen LogP contribution in [0.2, 0.25) is 0 Å². The van der Waals surface area contributed by atoms with Gasteiger partial charge in [0.15, 0.2) is 11.4 Å². The number of anilines is 1. The van der Waals surface area contributed by atoms with Gasteiger partial charge in [-0.2, -0.15) is 13.2 Å². The lowest BCUT2D eigenvalue weighted by molar-refractivity contribution is -0.275. The van der Waals surface area contributed by atoms with E-state index in [1.165, 1.54) is 17.9 Å². The average molecular weight is 388 g/mol. The van der Waals surface area contributed by atoms with E-state index >= 15 is 0 Å². The van der Waals surface area contributed by atoms with Gasteiger partial charge in [0.1, 0.15) is 0 Å². The second kappa shape index (κ2) is 7.59. The Balaban J connectivity index is 1.55. The Morgan fingerprint density at radius 3 is 2.78 bits per heavy atom. The highest BCUT2D eigenvalue weighted by Gasteiger charge is 2.55. The van der Waals surface area contributed by atoms with Crippen LogP contribution in [0.25, 0.3) is 0 Å². The maximum atomic E-state index is 13.1. The molecule has 2 fully saturated rings. The lowest BCUT2D eigenvalue weighted by atomic mass is 9.91. The zero-order valence-electron chi connectivity index (χ0n) is 15.0. The first-order valence-corrected chi connectivity index (χ1v) is 8.98. The molecule has 1 aliphatic carbocycles. The molecule has 2 atom stereocenters. The van der Waals surface area contributed by atoms with Crippen molar-refractivity contribution in [2.45, 2.75) is 50.4 Å². The normalized spacial score (nSPS) is 25.1. The summed E-state index contributed by atoms with van der Waals surface area (Å²) in [4.78, 5) is 13.7. The molecule has 2 aliphatic rings. The minimum atomic E-state index is -4.73. The Kier molecular flexibility index (Phi) is 5.57. The summed E-state index contributed by atoms with van der Waals surface area (Å²) < 4.78 is 44.6. The van der Waals surface area contributed by atoms with Gasteiger partial charge in [0.2, 0.25) is 11.8 Å². The third kappa shape index (κ3) is 4.86. The van der Waals surface area contributed by atoms with Crippen molar-refractivity contribution in [2.75, 3.05) is 25.0 Å². The summed E-state index contributed by atoms with van der Waals surface area (Å²) in [6, 6.07) is 2.26. The van der Waals surface area contributed by atoms with Crippen molar-refractivity contribution in [1.29, 1.82) is 0 Å². The summed E-state index contributed by atoms with van der Waals surface area (Å²) in [5, 5.41) is 20.2. The van der Waals surface area contributed by atoms with Gasteiger partial charge in [0.25, 0.3) is 0 Å². The van der Waals surface area contributed by atoms with E-state index in [0.717, 1.165) is 12.8 Å². The molecule has 0 unspecified atom stereocenters. The van der Waals surface area contributed by atoms with Crippen LogP contribution in [0.5, 0.6) is 5.88 Å². The highest BCUT2D eigenvalue weighted by Crippen LogP contribution is 2.37. The number of nitrogens with zero attached hydrogens (tertiary/aromatic N) is 3. The Labute approximate surface area is 154 Å². The summed E-state index contributed by atoms with van der Waals surface area (Å²) in [5.74, 6) is 0.613. The number of amides is 1. The summed E-state index contributed by atoms with van der Waals surface area (Å²) >= 11 is 0. The van der Waals surface area contributed by atoms with Crippen LogP contribution in [0.3, 0.4) is 0 Å². The molecule has 0 radical (unpaired) electrons. The number of alkyl halides is 3. The van der Waals surface area contributed by atoms with Crippen molar-refractivity contribution in [2.24, 2.45) is 5.92 Å². The van der Waals surface area contributed by atoms with Gasteiger partial charge in [0, 0.05) is 12.6 Å². The topological polar surface area (TPSA) is 87.6 Å². The highest BCUT2D eigenvalue weighted by molar-refractivity contribution is 5.93. The predicted molar refractivity (Wildman–Crippen MR) is 90.2 cm³/mol. The van der Waals surface area contributed by atoms with Gasteiger partial charge in [0.05, 0.1) is 12.6 Å². The van der Waals surface area contributed by atoms with Gasteiger partial charge in [-0.1, -0.05) is 0 Å². The minimum absolute atomic E-state index is 0.153. The lowest BCUT2D eigenvalue weighted by Crippen LogP contribution is -2.60. The van der Waals surface area contributed by atoms with Crippen molar-refractivity contribution in [1.82, 2.24) is 15.1 Å². The van der Waals surface area contributed by atoms with Gasteiger partial charge in [-0.3, -0.25) is 9.69 Å². The zero-order valence-corrected chi connectivity index (χ0v) is 15.0. The molecule has 1 saturated carbocycles. The predicted octanol–water partition coefficient (Wildman–Crippen LogP) is 1.98. The summed E-state index contributed by atoms with van der Waals surface area (Å²) in [5.41, 5.74) is -2.79. The average Bonchev–Trinajstić information content (AvgIpc) is 3.44. The van der Waals surface area contributed by atoms with Gasteiger partial charge >= 0.3 is 6.18 Å². The molecule has 0 aromatic carbocycles. The molecule has 7 nitrogen and oxygen atoms in total. The molecule has 27 heavy (non-hydrogen) atoms. The smallest absolute Gasteiger partial charge is 0.418 e. The highest BCUT2D eigenvalue weighted by atomic mass is 19.4. The van der Waals surface area contributed by atoms with Crippen molar-refractivity contribution in [3.05, 3.63) is 12.1 Å². The molecular weight excluding hydrogens is 365 g/mol. The number of β-amino-alcohol motifs (C(OH)–C–C–N with tert-alkyl or cyclic N) is 1. The third-order valence-electron chi connectivity index (χ3n) is 5.01. The molecular formula is C17H23F3N4O3. The van der Waals surface area contributed by atoms with E-state index in [-0.39, 0.29) is 18.7 Å². The molecule has 1 aliphatic heterocycles. The lowest BCUT2D eigenvalue weighted by Gasteiger charge is -2.42. The Morgan fingerprint density at radius 1 is 1.44 bits per heavy atom. The fourth-order valence-electron chi connectivity index (χ4n) is 2.98. The maximum Gasteiger partial charge on any atom is 0.418 e. The number of aromatic nitrogens is 2. The van der Waals surface area contributed by atoms with Gasteiger partial charge in [-0.05, 0) is 51.1 Å². The molecule has 2 N–H and O–H groups in total. The first kappa shape index (κ1) is 19.8. The van der Waals surface area contributed by atoms with E-state index in [4.69, 9.17) is 4.74 Å². The van der Waals surface area contributed by atoms with Crippen LogP contribution in [0.4, 0.5) is 19.0 Å². The van der Waals surface area contributed by atoms with Crippen molar-refractivity contribution in [3.8, 4) is 5.88 Å². The summed E-state index contributed by atoms with van der Waals surface area (Å²) in [7, 11) is 0. The largest absolute Gasteiger partial charge is 0.476 e. The van der Waals surface area contributed by atoms with Crippen LogP contribution >= 0.6 is 0 Å². The van der Waals surface area contributed by atoms with E-state index in [9.17, 15) is 23.1 Å². The van der Waals surface area contributed by atoms with Gasteiger partial charge in [-0.25, -0.2) is 0 Å². The van der Waals surface area contributed by atoms with Crippen LogP contribution in [-0.4, -0.2) is 63.6 Å². The molecule has 1 saturated heterocycles. The fourth-order valence-corrected chi connectivity index (χ4v) is 2.98. The van der Waals surface area contributed by atoms with Crippen LogP contribution in [0.15, 0.2) is 12.1 Å². The number of piperidine rings is 1.